The molecule has 0 saturated heterocycles. The highest BCUT2D eigenvalue weighted by Crippen LogP contribution is 2.26. The van der Waals surface area contributed by atoms with Crippen molar-refractivity contribution in [3.05, 3.63) is 58.7 Å². The smallest absolute Gasteiger partial charge is 0.217 e. The van der Waals surface area contributed by atoms with E-state index in [-0.39, 0.29) is 23.9 Å². The molecule has 0 spiro atoms. The van der Waals surface area contributed by atoms with E-state index in [1.165, 1.54) is 17.3 Å². The lowest BCUT2D eigenvalue weighted by Gasteiger charge is -2.13. The highest BCUT2D eigenvalue weighted by molar-refractivity contribution is 7.99. The molecule has 0 fully saturated rings. The van der Waals surface area contributed by atoms with Crippen LogP contribution in [0.4, 0.5) is 0 Å². The zero-order chi connectivity index (χ0) is 25.0. The molecule has 0 atom stereocenters. The zero-order valence-electron chi connectivity index (χ0n) is 21.0. The van der Waals surface area contributed by atoms with E-state index >= 15 is 0 Å². The van der Waals surface area contributed by atoms with Crippen LogP contribution in [0.2, 0.25) is 0 Å². The van der Waals surface area contributed by atoms with Crippen molar-refractivity contribution in [2.75, 3.05) is 5.75 Å². The first-order chi connectivity index (χ1) is 16.1. The van der Waals surface area contributed by atoms with Crippen LogP contribution in [-0.2, 0) is 17.8 Å². The van der Waals surface area contributed by atoms with Gasteiger partial charge in [0.2, 0.25) is 5.91 Å². The van der Waals surface area contributed by atoms with Crippen LogP contribution in [0, 0.1) is 19.8 Å². The highest BCUT2D eigenvalue weighted by atomic mass is 32.2. The first kappa shape index (κ1) is 25.7. The first-order valence-corrected chi connectivity index (χ1v) is 12.7. The minimum atomic E-state index is -0.363. The minimum absolute atomic E-state index is 0.0564. The number of aryl methyl sites for hydroxylation is 2. The largest absolute Gasteiger partial charge is 0.370 e. The molecular formula is C26H35N5O2S. The topological polar surface area (TPSA) is 95.8 Å². The molecule has 3 aromatic rings. The number of hydrogen-bond acceptors (Lipinski definition) is 5. The summed E-state index contributed by atoms with van der Waals surface area (Å²) in [4.78, 5) is 24.4. The molecule has 34 heavy (non-hydrogen) atoms. The number of hydrogen-bond donors (Lipinski definition) is 1. The highest BCUT2D eigenvalue weighted by Gasteiger charge is 2.20. The van der Waals surface area contributed by atoms with Gasteiger partial charge >= 0.3 is 0 Å². The van der Waals surface area contributed by atoms with E-state index in [0.29, 0.717) is 23.4 Å². The molecule has 182 valence electrons. The summed E-state index contributed by atoms with van der Waals surface area (Å²) < 4.78 is 4.14. The number of primary amides is 1. The van der Waals surface area contributed by atoms with Gasteiger partial charge in [0.1, 0.15) is 5.82 Å². The molecule has 1 aromatic carbocycles. The minimum Gasteiger partial charge on any atom is -0.370 e. The summed E-state index contributed by atoms with van der Waals surface area (Å²) in [5.74, 6) is 1.54. The number of amides is 1. The second-order valence-corrected chi connectivity index (χ2v) is 10.4. The molecule has 0 unspecified atom stereocenters. The van der Waals surface area contributed by atoms with Crippen LogP contribution in [0.15, 0.2) is 35.5 Å². The van der Waals surface area contributed by atoms with Crippen molar-refractivity contribution < 1.29 is 9.59 Å². The van der Waals surface area contributed by atoms with E-state index in [4.69, 9.17) is 5.73 Å². The monoisotopic (exact) mass is 481 g/mol. The molecule has 2 aromatic heterocycles. The zero-order valence-corrected chi connectivity index (χ0v) is 21.8. The summed E-state index contributed by atoms with van der Waals surface area (Å²) in [5, 5.41) is 9.24. The predicted molar refractivity (Wildman–Crippen MR) is 137 cm³/mol. The molecule has 2 heterocycles. The maximum Gasteiger partial charge on any atom is 0.217 e. The van der Waals surface area contributed by atoms with Crippen LogP contribution in [0.25, 0.3) is 5.69 Å². The molecule has 7 nitrogen and oxygen atoms in total. The number of carbonyl (C=O) groups is 2. The van der Waals surface area contributed by atoms with Gasteiger partial charge in [-0.3, -0.25) is 9.59 Å². The maximum absolute atomic E-state index is 13.2. The number of nitrogens with two attached hydrogens (primary N) is 1. The lowest BCUT2D eigenvalue weighted by atomic mass is 10.0. The van der Waals surface area contributed by atoms with Crippen LogP contribution < -0.4 is 5.73 Å². The van der Waals surface area contributed by atoms with Gasteiger partial charge in [0.25, 0.3) is 0 Å². The second-order valence-electron chi connectivity index (χ2n) is 9.45. The van der Waals surface area contributed by atoms with Gasteiger partial charge in [-0.05, 0) is 49.4 Å². The van der Waals surface area contributed by atoms with Crippen LogP contribution in [0.5, 0.6) is 0 Å². The van der Waals surface area contributed by atoms with Crippen LogP contribution >= 0.6 is 11.8 Å². The Morgan fingerprint density at radius 3 is 2.32 bits per heavy atom. The average Bonchev–Trinajstić information content (AvgIpc) is 3.29. The molecule has 0 aliphatic carbocycles. The molecule has 8 heteroatoms. The third kappa shape index (κ3) is 5.97. The molecule has 0 saturated carbocycles. The molecule has 3 rings (SSSR count). The molecule has 1 amide bonds. The molecule has 2 N–H and O–H groups in total. The van der Waals surface area contributed by atoms with Crippen molar-refractivity contribution in [2.45, 2.75) is 72.0 Å². The Labute approximate surface area is 206 Å². The third-order valence-electron chi connectivity index (χ3n) is 5.82. The number of ketones is 1. The normalized spacial score (nSPS) is 11.5. The number of benzene rings is 1. The average molecular weight is 482 g/mol. The fraction of sp³-hybridized carbons (Fsp3) is 0.462. The van der Waals surface area contributed by atoms with Crippen LogP contribution in [0.3, 0.4) is 0 Å². The third-order valence-corrected chi connectivity index (χ3v) is 6.78. The fourth-order valence-corrected chi connectivity index (χ4v) is 4.90. The van der Waals surface area contributed by atoms with Crippen molar-refractivity contribution >= 4 is 23.5 Å². The van der Waals surface area contributed by atoms with Crippen molar-refractivity contribution in [2.24, 2.45) is 11.7 Å². The Morgan fingerprint density at radius 1 is 1.06 bits per heavy atom. The number of carbonyl (C=O) groups excluding carboxylic acids is 2. The van der Waals surface area contributed by atoms with Crippen molar-refractivity contribution in [1.82, 2.24) is 19.3 Å². The molecule has 0 aliphatic heterocycles. The van der Waals surface area contributed by atoms with E-state index in [9.17, 15) is 9.59 Å². The molecular weight excluding hydrogens is 446 g/mol. The lowest BCUT2D eigenvalue weighted by molar-refractivity contribution is -0.118. The van der Waals surface area contributed by atoms with E-state index in [2.05, 4.69) is 66.7 Å². The summed E-state index contributed by atoms with van der Waals surface area (Å²) in [5.41, 5.74) is 10.3. The molecule has 0 radical (unpaired) electrons. The number of Topliss-reactive ketones (excluding diaryl/α,β-unsaturated/α-hetero) is 1. The van der Waals surface area contributed by atoms with E-state index in [0.717, 1.165) is 35.0 Å². The Bertz CT molecular complexity index is 1160. The van der Waals surface area contributed by atoms with Gasteiger partial charge in [-0.25, -0.2) is 0 Å². The summed E-state index contributed by atoms with van der Waals surface area (Å²) >= 11 is 1.39. The van der Waals surface area contributed by atoms with Gasteiger partial charge in [0.15, 0.2) is 10.9 Å². The predicted octanol–water partition coefficient (Wildman–Crippen LogP) is 4.86. The first-order valence-electron chi connectivity index (χ1n) is 11.7. The summed E-state index contributed by atoms with van der Waals surface area (Å²) in [6, 6.07) is 10.5. The van der Waals surface area contributed by atoms with Crippen molar-refractivity contribution in [3.63, 3.8) is 0 Å². The Hall–Kier alpha value is -2.87. The number of thioether (sulfide) groups is 1. The van der Waals surface area contributed by atoms with Crippen LogP contribution in [-0.4, -0.2) is 36.8 Å². The van der Waals surface area contributed by atoms with Crippen molar-refractivity contribution in [3.8, 4) is 5.69 Å². The maximum atomic E-state index is 13.2. The quantitative estimate of drug-likeness (QED) is 0.312. The summed E-state index contributed by atoms with van der Waals surface area (Å²) in [6.07, 6.45) is 0.671. The summed E-state index contributed by atoms with van der Waals surface area (Å²) in [6.45, 7) is 13.3. The Balaban J connectivity index is 1.78. The number of aromatic nitrogens is 4. The summed E-state index contributed by atoms with van der Waals surface area (Å²) in [7, 11) is 0. The standard InChI is InChI=1S/C26H35N5O2S/c1-16(2)14-30-25(12-11-24(27)33)28-29-26(30)34-15-23(32)22-13-18(5)31(19(22)6)21-9-7-20(8-10-21)17(3)4/h7-10,13,16-17H,11-12,14-15H2,1-6H3,(H2,27,33). The van der Waals surface area contributed by atoms with Gasteiger partial charge < -0.3 is 14.9 Å². The van der Waals surface area contributed by atoms with Gasteiger partial charge in [0, 0.05) is 42.0 Å². The van der Waals surface area contributed by atoms with Gasteiger partial charge in [0.05, 0.1) is 5.75 Å². The lowest BCUT2D eigenvalue weighted by Crippen LogP contribution is -2.15. The van der Waals surface area contributed by atoms with E-state index < -0.39 is 0 Å². The molecule has 0 aliphatic rings. The Kier molecular flexibility index (Phi) is 8.36. The van der Waals surface area contributed by atoms with Gasteiger partial charge in [-0.1, -0.05) is 51.6 Å². The van der Waals surface area contributed by atoms with Crippen molar-refractivity contribution in [1.29, 1.82) is 0 Å². The molecule has 0 bridgehead atoms. The van der Waals surface area contributed by atoms with Gasteiger partial charge in [-0.15, -0.1) is 10.2 Å². The number of nitrogens with zero attached hydrogens (tertiary/aromatic N) is 4. The second kappa shape index (κ2) is 11.0. The SMILES string of the molecule is Cc1cc(C(=O)CSc2nnc(CCC(N)=O)n2CC(C)C)c(C)n1-c1ccc(C(C)C)cc1. The fourth-order valence-electron chi connectivity index (χ4n) is 4.05. The van der Waals surface area contributed by atoms with Crippen LogP contribution in [0.1, 0.15) is 73.2 Å². The van der Waals surface area contributed by atoms with Gasteiger partial charge in [-0.2, -0.15) is 0 Å². The van der Waals surface area contributed by atoms with E-state index in [1.54, 1.807) is 0 Å². The number of rotatable bonds is 11. The van der Waals surface area contributed by atoms with E-state index in [1.807, 2.05) is 24.5 Å². The Morgan fingerprint density at radius 2 is 1.74 bits per heavy atom.